The van der Waals surface area contributed by atoms with Crippen molar-refractivity contribution in [1.82, 2.24) is 9.88 Å². The summed E-state index contributed by atoms with van der Waals surface area (Å²) in [6, 6.07) is 14.8. The van der Waals surface area contributed by atoms with Crippen molar-refractivity contribution < 1.29 is 14.3 Å². The van der Waals surface area contributed by atoms with Crippen molar-refractivity contribution in [2.45, 2.75) is 12.8 Å². The molecule has 0 spiro atoms. The maximum atomic E-state index is 12.4. The highest BCUT2D eigenvalue weighted by atomic mass is 16.5. The average Bonchev–Trinajstić information content (AvgIpc) is 2.98. The van der Waals surface area contributed by atoms with Crippen LogP contribution in [-0.2, 0) is 0 Å². The molecule has 0 fully saturated rings. The van der Waals surface area contributed by atoms with E-state index >= 15 is 0 Å². The van der Waals surface area contributed by atoms with Crippen LogP contribution in [-0.4, -0.2) is 41.9 Å². The number of methoxy groups -OCH3 is 1. The first-order chi connectivity index (χ1) is 13.7. The van der Waals surface area contributed by atoms with Crippen LogP contribution >= 0.6 is 0 Å². The summed E-state index contributed by atoms with van der Waals surface area (Å²) in [4.78, 5) is 30.5. The molecule has 1 N–H and O–H groups in total. The van der Waals surface area contributed by atoms with Gasteiger partial charge >= 0.3 is 0 Å². The van der Waals surface area contributed by atoms with Gasteiger partial charge in [0.1, 0.15) is 5.75 Å². The number of anilines is 1. The predicted octanol–water partition coefficient (Wildman–Crippen LogP) is 3.73. The van der Waals surface area contributed by atoms with E-state index in [1.165, 1.54) is 4.90 Å². The zero-order chi connectivity index (χ0) is 19.5. The zero-order valence-corrected chi connectivity index (χ0v) is 15.6. The molecule has 28 heavy (non-hydrogen) atoms. The van der Waals surface area contributed by atoms with E-state index in [2.05, 4.69) is 10.3 Å². The number of hydrogen-bond acceptors (Lipinski definition) is 5. The van der Waals surface area contributed by atoms with Crippen LogP contribution in [0.3, 0.4) is 0 Å². The Labute approximate surface area is 163 Å². The van der Waals surface area contributed by atoms with Gasteiger partial charge in [0.25, 0.3) is 11.8 Å². The third-order valence-electron chi connectivity index (χ3n) is 4.92. The number of imide groups is 1. The first-order valence-electron chi connectivity index (χ1n) is 9.31. The Balaban J connectivity index is 1.34. The molecule has 142 valence electrons. The van der Waals surface area contributed by atoms with E-state index in [0.717, 1.165) is 35.2 Å². The average molecular weight is 375 g/mol. The molecule has 0 saturated heterocycles. The van der Waals surface area contributed by atoms with E-state index in [0.29, 0.717) is 24.2 Å². The number of nitrogens with zero attached hydrogens (tertiary/aromatic N) is 2. The van der Waals surface area contributed by atoms with Crippen LogP contribution in [0.5, 0.6) is 5.75 Å². The van der Waals surface area contributed by atoms with E-state index in [1.807, 2.05) is 24.3 Å². The smallest absolute Gasteiger partial charge is 0.261 e. The molecule has 1 aliphatic heterocycles. The molecule has 3 aromatic rings. The number of benzene rings is 2. The molecular weight excluding hydrogens is 354 g/mol. The fourth-order valence-electron chi connectivity index (χ4n) is 3.48. The monoisotopic (exact) mass is 375 g/mol. The predicted molar refractivity (Wildman–Crippen MR) is 108 cm³/mol. The van der Waals surface area contributed by atoms with Gasteiger partial charge in [-0.25, -0.2) is 0 Å². The number of hydrogen-bond donors (Lipinski definition) is 1. The summed E-state index contributed by atoms with van der Waals surface area (Å²) < 4.78 is 5.36. The summed E-state index contributed by atoms with van der Waals surface area (Å²) in [5, 5.41) is 4.41. The van der Waals surface area contributed by atoms with Gasteiger partial charge in [0.05, 0.1) is 29.4 Å². The minimum atomic E-state index is -0.198. The van der Waals surface area contributed by atoms with Gasteiger partial charge in [-0.2, -0.15) is 0 Å². The van der Waals surface area contributed by atoms with Gasteiger partial charge in [-0.05, 0) is 37.1 Å². The summed E-state index contributed by atoms with van der Waals surface area (Å²) in [5.74, 6) is 0.377. The van der Waals surface area contributed by atoms with E-state index in [4.69, 9.17) is 4.74 Å². The largest absolute Gasteiger partial charge is 0.497 e. The molecule has 2 heterocycles. The summed E-state index contributed by atoms with van der Waals surface area (Å²) in [7, 11) is 1.64. The van der Waals surface area contributed by atoms with Crippen LogP contribution in [0, 0.1) is 0 Å². The third-order valence-corrected chi connectivity index (χ3v) is 4.92. The van der Waals surface area contributed by atoms with Crippen molar-refractivity contribution in [1.29, 1.82) is 0 Å². The Morgan fingerprint density at radius 2 is 1.75 bits per heavy atom. The highest BCUT2D eigenvalue weighted by Crippen LogP contribution is 2.28. The van der Waals surface area contributed by atoms with Gasteiger partial charge in [-0.15, -0.1) is 0 Å². The fraction of sp³-hybridized carbons (Fsp3) is 0.227. The molecule has 0 bridgehead atoms. The number of aromatic nitrogens is 1. The summed E-state index contributed by atoms with van der Waals surface area (Å²) in [5.41, 5.74) is 2.80. The van der Waals surface area contributed by atoms with E-state index in [9.17, 15) is 9.59 Å². The number of unbranched alkanes of at least 4 members (excludes halogenated alkanes) is 1. The van der Waals surface area contributed by atoms with E-state index in [1.54, 1.807) is 37.6 Å². The molecule has 6 heteroatoms. The first kappa shape index (κ1) is 18.0. The number of carbonyl (C=O) groups is 2. The van der Waals surface area contributed by atoms with Gasteiger partial charge in [0.2, 0.25) is 0 Å². The molecule has 0 atom stereocenters. The Hall–Kier alpha value is -3.41. The van der Waals surface area contributed by atoms with Gasteiger partial charge in [-0.3, -0.25) is 19.5 Å². The highest BCUT2D eigenvalue weighted by molar-refractivity contribution is 6.21. The second kappa shape index (κ2) is 7.68. The third kappa shape index (κ3) is 3.29. The lowest BCUT2D eigenvalue weighted by Crippen LogP contribution is -2.30. The van der Waals surface area contributed by atoms with Crippen molar-refractivity contribution in [3.05, 3.63) is 65.9 Å². The van der Waals surface area contributed by atoms with Crippen molar-refractivity contribution in [3.8, 4) is 5.75 Å². The molecule has 0 saturated carbocycles. The molecular formula is C22H21N3O3. The Bertz CT molecular complexity index is 1010. The molecule has 4 rings (SSSR count). The molecule has 0 aliphatic carbocycles. The first-order valence-corrected chi connectivity index (χ1v) is 9.31. The zero-order valence-electron chi connectivity index (χ0n) is 15.6. The maximum absolute atomic E-state index is 12.4. The lowest BCUT2D eigenvalue weighted by atomic mass is 10.1. The quantitative estimate of drug-likeness (QED) is 0.503. The fourth-order valence-corrected chi connectivity index (χ4v) is 3.48. The van der Waals surface area contributed by atoms with Crippen LogP contribution in [0.2, 0.25) is 0 Å². The number of amides is 2. The molecule has 6 nitrogen and oxygen atoms in total. The van der Waals surface area contributed by atoms with Crippen molar-refractivity contribution in [2.24, 2.45) is 0 Å². The Morgan fingerprint density at radius 1 is 1.00 bits per heavy atom. The van der Waals surface area contributed by atoms with Crippen LogP contribution < -0.4 is 10.1 Å². The number of nitrogens with one attached hydrogen (secondary N) is 1. The van der Waals surface area contributed by atoms with Crippen molar-refractivity contribution in [2.75, 3.05) is 25.5 Å². The normalized spacial score (nSPS) is 13.1. The number of pyridine rings is 1. The summed E-state index contributed by atoms with van der Waals surface area (Å²) >= 11 is 0. The second-order valence-corrected chi connectivity index (χ2v) is 6.69. The van der Waals surface area contributed by atoms with Gasteiger partial charge in [0.15, 0.2) is 0 Å². The van der Waals surface area contributed by atoms with Crippen LogP contribution in [0.25, 0.3) is 10.9 Å². The summed E-state index contributed by atoms with van der Waals surface area (Å²) in [6.07, 6.45) is 3.31. The Kier molecular flexibility index (Phi) is 4.93. The number of rotatable bonds is 7. The van der Waals surface area contributed by atoms with Gasteiger partial charge in [-0.1, -0.05) is 18.2 Å². The van der Waals surface area contributed by atoms with Gasteiger partial charge in [0, 0.05) is 30.7 Å². The topological polar surface area (TPSA) is 71.5 Å². The minimum Gasteiger partial charge on any atom is -0.497 e. The lowest BCUT2D eigenvalue weighted by Gasteiger charge is -2.14. The van der Waals surface area contributed by atoms with Crippen molar-refractivity contribution in [3.63, 3.8) is 0 Å². The maximum Gasteiger partial charge on any atom is 0.261 e. The van der Waals surface area contributed by atoms with E-state index in [-0.39, 0.29) is 11.8 Å². The minimum absolute atomic E-state index is 0.198. The second-order valence-electron chi connectivity index (χ2n) is 6.69. The summed E-state index contributed by atoms with van der Waals surface area (Å²) in [6.45, 7) is 1.13. The molecule has 2 aromatic carbocycles. The number of carbonyl (C=O) groups excluding carboxylic acids is 2. The lowest BCUT2D eigenvalue weighted by molar-refractivity contribution is 0.0652. The van der Waals surface area contributed by atoms with Crippen LogP contribution in [0.4, 0.5) is 5.69 Å². The Morgan fingerprint density at radius 3 is 2.46 bits per heavy atom. The SMILES string of the molecule is COc1cc(NCCCCN2C(=O)c3ccccc3C2=O)c2ncccc2c1. The number of ether oxygens (including phenoxy) is 1. The molecule has 1 aromatic heterocycles. The molecule has 2 amide bonds. The molecule has 1 aliphatic rings. The highest BCUT2D eigenvalue weighted by Gasteiger charge is 2.34. The number of fused-ring (bicyclic) bond motifs is 2. The van der Waals surface area contributed by atoms with Crippen LogP contribution in [0.15, 0.2) is 54.7 Å². The standard InChI is InChI=1S/C22H21N3O3/c1-28-16-13-15-7-6-11-24-20(15)19(14-16)23-10-4-5-12-25-21(26)17-8-2-3-9-18(17)22(25)27/h2-3,6-9,11,13-14,23H,4-5,10,12H2,1H3. The molecule has 0 radical (unpaired) electrons. The molecule has 0 unspecified atom stereocenters. The van der Waals surface area contributed by atoms with Gasteiger partial charge < -0.3 is 10.1 Å². The van der Waals surface area contributed by atoms with E-state index < -0.39 is 0 Å². The van der Waals surface area contributed by atoms with Crippen molar-refractivity contribution >= 4 is 28.4 Å². The van der Waals surface area contributed by atoms with Crippen LogP contribution in [0.1, 0.15) is 33.6 Å².